The fraction of sp³-hybridized carbons (Fsp3) is 0.292. The van der Waals surface area contributed by atoms with Crippen molar-refractivity contribution in [3.63, 3.8) is 0 Å². The first-order valence-electron chi connectivity index (χ1n) is 10.4. The van der Waals surface area contributed by atoms with E-state index in [4.69, 9.17) is 9.15 Å². The molecule has 0 bridgehead atoms. The van der Waals surface area contributed by atoms with Crippen LogP contribution in [0, 0.1) is 20.8 Å². The lowest BCUT2D eigenvalue weighted by Gasteiger charge is -2.16. The van der Waals surface area contributed by atoms with Crippen molar-refractivity contribution in [1.82, 2.24) is 24.5 Å². The van der Waals surface area contributed by atoms with Crippen LogP contribution in [-0.4, -0.2) is 29.6 Å². The van der Waals surface area contributed by atoms with Crippen LogP contribution >= 0.6 is 0 Å². The lowest BCUT2D eigenvalue weighted by atomic mass is 10.1. The number of ether oxygens (including phenoxy) is 1. The molecule has 0 aliphatic carbocycles. The molecule has 0 unspecified atom stereocenters. The number of oxazole rings is 1. The molecule has 3 aromatic heterocycles. The Balaban J connectivity index is 1.69. The van der Waals surface area contributed by atoms with Crippen LogP contribution in [0.5, 0.6) is 5.88 Å². The Morgan fingerprint density at radius 3 is 2.61 bits per heavy atom. The maximum atomic E-state index is 13.2. The van der Waals surface area contributed by atoms with Crippen molar-refractivity contribution in [2.45, 2.75) is 46.8 Å². The summed E-state index contributed by atoms with van der Waals surface area (Å²) in [4.78, 5) is 30.5. The van der Waals surface area contributed by atoms with Gasteiger partial charge in [-0.25, -0.2) is 15.0 Å². The number of rotatable bonds is 6. The molecule has 1 aromatic carbocycles. The minimum absolute atomic E-state index is 0.154. The molecule has 4 aromatic rings. The molecule has 0 atom stereocenters. The van der Waals surface area contributed by atoms with E-state index in [9.17, 15) is 9.90 Å². The molecule has 9 heteroatoms. The first-order chi connectivity index (χ1) is 15.6. The summed E-state index contributed by atoms with van der Waals surface area (Å²) in [5, 5.41) is 10.2. The van der Waals surface area contributed by atoms with Gasteiger partial charge < -0.3 is 14.3 Å². The lowest BCUT2D eigenvalue weighted by molar-refractivity contribution is 0.0688. The third-order valence-corrected chi connectivity index (χ3v) is 5.06. The fourth-order valence-electron chi connectivity index (χ4n) is 3.37. The molecule has 0 saturated heterocycles. The number of aliphatic hydroxyl groups is 1. The van der Waals surface area contributed by atoms with Gasteiger partial charge in [-0.2, -0.15) is 4.98 Å². The molecule has 0 spiro atoms. The van der Waals surface area contributed by atoms with Gasteiger partial charge in [-0.15, -0.1) is 0 Å². The molecule has 0 amide bonds. The van der Waals surface area contributed by atoms with Gasteiger partial charge in [-0.3, -0.25) is 9.36 Å². The van der Waals surface area contributed by atoms with Gasteiger partial charge in [0.2, 0.25) is 5.88 Å². The van der Waals surface area contributed by atoms with Crippen LogP contribution in [-0.2, 0) is 12.2 Å². The molecule has 0 saturated carbocycles. The van der Waals surface area contributed by atoms with Crippen LogP contribution in [0.2, 0.25) is 0 Å². The Morgan fingerprint density at radius 1 is 1.12 bits per heavy atom. The average molecular weight is 447 g/mol. The number of benzene rings is 1. The SMILES string of the molecule is Cc1nc(COc2nc(C)n(-c3cccc(-c4ccnc(C(C)(C)O)n4)c3)c(=O)c2C)co1. The van der Waals surface area contributed by atoms with Gasteiger partial charge in [0.1, 0.15) is 30.0 Å². The van der Waals surface area contributed by atoms with E-state index >= 15 is 0 Å². The molecule has 0 aliphatic rings. The van der Waals surface area contributed by atoms with Crippen LogP contribution in [0.4, 0.5) is 0 Å². The maximum Gasteiger partial charge on any atom is 0.264 e. The first-order valence-corrected chi connectivity index (χ1v) is 10.4. The molecule has 0 radical (unpaired) electrons. The zero-order chi connectivity index (χ0) is 23.8. The molecular weight excluding hydrogens is 422 g/mol. The van der Waals surface area contributed by atoms with Crippen molar-refractivity contribution in [3.8, 4) is 22.8 Å². The Bertz CT molecular complexity index is 1370. The number of aromatic nitrogens is 5. The molecule has 9 nitrogen and oxygen atoms in total. The van der Waals surface area contributed by atoms with Crippen LogP contribution in [0.25, 0.3) is 16.9 Å². The Morgan fingerprint density at radius 2 is 1.91 bits per heavy atom. The smallest absolute Gasteiger partial charge is 0.264 e. The average Bonchev–Trinajstić information content (AvgIpc) is 3.20. The zero-order valence-electron chi connectivity index (χ0n) is 19.2. The number of hydrogen-bond acceptors (Lipinski definition) is 8. The van der Waals surface area contributed by atoms with E-state index in [1.54, 1.807) is 46.9 Å². The van der Waals surface area contributed by atoms with Crippen LogP contribution in [0.3, 0.4) is 0 Å². The van der Waals surface area contributed by atoms with Crippen molar-refractivity contribution in [2.75, 3.05) is 0 Å². The number of hydrogen-bond donors (Lipinski definition) is 1. The van der Waals surface area contributed by atoms with E-state index in [1.807, 2.05) is 24.3 Å². The highest BCUT2D eigenvalue weighted by Gasteiger charge is 2.20. The normalized spacial score (nSPS) is 11.6. The van der Waals surface area contributed by atoms with Crippen molar-refractivity contribution >= 4 is 0 Å². The first kappa shape index (κ1) is 22.3. The lowest BCUT2D eigenvalue weighted by Crippen LogP contribution is -2.25. The predicted molar refractivity (Wildman–Crippen MR) is 121 cm³/mol. The monoisotopic (exact) mass is 447 g/mol. The predicted octanol–water partition coefficient (Wildman–Crippen LogP) is 3.41. The highest BCUT2D eigenvalue weighted by atomic mass is 16.5. The Labute approximate surface area is 190 Å². The molecular formula is C24H25N5O4. The summed E-state index contributed by atoms with van der Waals surface area (Å²) >= 11 is 0. The summed E-state index contributed by atoms with van der Waals surface area (Å²) in [7, 11) is 0. The van der Waals surface area contributed by atoms with Crippen molar-refractivity contribution < 1.29 is 14.3 Å². The second-order valence-electron chi connectivity index (χ2n) is 8.25. The van der Waals surface area contributed by atoms with Crippen LogP contribution in [0.1, 0.15) is 42.6 Å². The third kappa shape index (κ3) is 4.68. The van der Waals surface area contributed by atoms with E-state index in [0.717, 1.165) is 5.56 Å². The Kier molecular flexibility index (Phi) is 5.82. The molecule has 1 N–H and O–H groups in total. The van der Waals surface area contributed by atoms with Crippen LogP contribution in [0.15, 0.2) is 52.0 Å². The minimum Gasteiger partial charge on any atom is -0.471 e. The topological polar surface area (TPSA) is 116 Å². The fourth-order valence-corrected chi connectivity index (χ4v) is 3.37. The Hall–Kier alpha value is -3.85. The molecule has 0 fully saturated rings. The molecule has 4 rings (SSSR count). The standard InChI is InChI=1S/C24H25N5O4/c1-14-21(33-13-18-12-32-16(3)27-18)26-15(2)29(22(14)30)19-8-6-7-17(11-19)20-9-10-25-23(28-20)24(4,5)31/h6-12,31H,13H2,1-5H3. The van der Waals surface area contributed by atoms with E-state index in [2.05, 4.69) is 19.9 Å². The van der Waals surface area contributed by atoms with Gasteiger partial charge in [-0.05, 0) is 45.9 Å². The summed E-state index contributed by atoms with van der Waals surface area (Å²) in [5.74, 6) is 1.60. The highest BCUT2D eigenvalue weighted by Crippen LogP contribution is 2.24. The quantitative estimate of drug-likeness (QED) is 0.478. The molecule has 3 heterocycles. The number of nitrogens with zero attached hydrogens (tertiary/aromatic N) is 5. The van der Waals surface area contributed by atoms with Crippen molar-refractivity contribution in [2.24, 2.45) is 0 Å². The zero-order valence-corrected chi connectivity index (χ0v) is 19.2. The second-order valence-corrected chi connectivity index (χ2v) is 8.25. The van der Waals surface area contributed by atoms with Gasteiger partial charge in [0.15, 0.2) is 11.7 Å². The van der Waals surface area contributed by atoms with Gasteiger partial charge in [0.25, 0.3) is 5.56 Å². The van der Waals surface area contributed by atoms with Crippen molar-refractivity contribution in [1.29, 1.82) is 0 Å². The summed E-state index contributed by atoms with van der Waals surface area (Å²) < 4.78 is 12.5. The minimum atomic E-state index is -1.16. The third-order valence-electron chi connectivity index (χ3n) is 5.06. The summed E-state index contributed by atoms with van der Waals surface area (Å²) in [5.41, 5.74) is 1.69. The largest absolute Gasteiger partial charge is 0.471 e. The second kappa shape index (κ2) is 8.59. The van der Waals surface area contributed by atoms with E-state index in [1.165, 1.54) is 10.8 Å². The molecule has 170 valence electrons. The van der Waals surface area contributed by atoms with Gasteiger partial charge in [0, 0.05) is 18.7 Å². The summed E-state index contributed by atoms with van der Waals surface area (Å²) in [6.07, 6.45) is 3.12. The maximum absolute atomic E-state index is 13.2. The van der Waals surface area contributed by atoms with Crippen molar-refractivity contribution in [3.05, 3.63) is 81.9 Å². The van der Waals surface area contributed by atoms with Gasteiger partial charge in [-0.1, -0.05) is 12.1 Å². The van der Waals surface area contributed by atoms with Gasteiger partial charge >= 0.3 is 0 Å². The summed E-state index contributed by atoms with van der Waals surface area (Å²) in [6, 6.07) is 9.17. The highest BCUT2D eigenvalue weighted by molar-refractivity contribution is 5.62. The molecule has 0 aliphatic heterocycles. The van der Waals surface area contributed by atoms with Crippen LogP contribution < -0.4 is 10.3 Å². The summed E-state index contributed by atoms with van der Waals surface area (Å²) in [6.45, 7) is 8.59. The van der Waals surface area contributed by atoms with Gasteiger partial charge in [0.05, 0.1) is 16.9 Å². The van der Waals surface area contributed by atoms with E-state index in [-0.39, 0.29) is 18.0 Å². The van der Waals surface area contributed by atoms with E-state index < -0.39 is 5.60 Å². The van der Waals surface area contributed by atoms with E-state index in [0.29, 0.717) is 40.2 Å². The molecule has 33 heavy (non-hydrogen) atoms. The number of aryl methyl sites for hydroxylation is 2.